The Labute approximate surface area is 125 Å². The quantitative estimate of drug-likeness (QED) is 0.858. The van der Waals surface area contributed by atoms with E-state index in [2.05, 4.69) is 31.2 Å². The zero-order valence-electron chi connectivity index (χ0n) is 12.8. The first-order valence-electron chi connectivity index (χ1n) is 7.24. The Morgan fingerprint density at radius 2 is 1.95 bits per heavy atom. The standard InChI is InChI=1S/C17H22N2O2/c1-17(2,3)15-8-6-14(7-9-15)16(20)18-10-4-5-13-11-19-21-12-13/h6-9,11-12H,4-5,10H2,1-3H3,(H,18,20). The summed E-state index contributed by atoms with van der Waals surface area (Å²) in [5, 5.41) is 6.58. The van der Waals surface area contributed by atoms with Gasteiger partial charge in [-0.05, 0) is 36.0 Å². The largest absolute Gasteiger partial charge is 0.364 e. The Hall–Kier alpha value is -2.10. The van der Waals surface area contributed by atoms with Crippen LogP contribution in [0.15, 0.2) is 41.2 Å². The van der Waals surface area contributed by atoms with Crippen molar-refractivity contribution in [1.82, 2.24) is 10.5 Å². The van der Waals surface area contributed by atoms with Crippen molar-refractivity contribution in [2.24, 2.45) is 0 Å². The van der Waals surface area contributed by atoms with Crippen LogP contribution < -0.4 is 5.32 Å². The third-order valence-corrected chi connectivity index (χ3v) is 3.42. The fraction of sp³-hybridized carbons (Fsp3) is 0.412. The summed E-state index contributed by atoms with van der Waals surface area (Å²) in [4.78, 5) is 12.0. The molecule has 0 spiro atoms. The van der Waals surface area contributed by atoms with Gasteiger partial charge in [0.2, 0.25) is 0 Å². The van der Waals surface area contributed by atoms with Gasteiger partial charge in [0, 0.05) is 17.7 Å². The summed E-state index contributed by atoms with van der Waals surface area (Å²) >= 11 is 0. The molecule has 0 atom stereocenters. The average Bonchev–Trinajstić information content (AvgIpc) is 2.96. The number of aryl methyl sites for hydroxylation is 1. The maximum atomic E-state index is 12.0. The lowest BCUT2D eigenvalue weighted by molar-refractivity contribution is 0.0953. The van der Waals surface area contributed by atoms with Crippen LogP contribution in [0.1, 0.15) is 48.7 Å². The zero-order chi connectivity index (χ0) is 15.3. The number of carbonyl (C=O) groups is 1. The van der Waals surface area contributed by atoms with Crippen molar-refractivity contribution in [2.75, 3.05) is 6.54 Å². The Morgan fingerprint density at radius 3 is 2.52 bits per heavy atom. The second kappa shape index (κ2) is 6.57. The van der Waals surface area contributed by atoms with Gasteiger partial charge < -0.3 is 9.84 Å². The number of benzene rings is 1. The molecule has 1 aromatic carbocycles. The summed E-state index contributed by atoms with van der Waals surface area (Å²) in [6.45, 7) is 7.12. The van der Waals surface area contributed by atoms with Crippen molar-refractivity contribution < 1.29 is 9.32 Å². The smallest absolute Gasteiger partial charge is 0.251 e. The third kappa shape index (κ3) is 4.45. The lowest BCUT2D eigenvalue weighted by Crippen LogP contribution is -2.25. The molecule has 1 aromatic heterocycles. The molecule has 0 fully saturated rings. The van der Waals surface area contributed by atoms with Crippen LogP contribution in [-0.2, 0) is 11.8 Å². The summed E-state index contributed by atoms with van der Waals surface area (Å²) in [6.07, 6.45) is 5.06. The second-order valence-electron chi connectivity index (χ2n) is 6.22. The van der Waals surface area contributed by atoms with Crippen molar-refractivity contribution in [3.05, 3.63) is 53.4 Å². The van der Waals surface area contributed by atoms with E-state index in [-0.39, 0.29) is 11.3 Å². The summed E-state index contributed by atoms with van der Waals surface area (Å²) in [5.74, 6) is -0.0271. The van der Waals surface area contributed by atoms with Crippen LogP contribution in [0.25, 0.3) is 0 Å². The molecule has 0 radical (unpaired) electrons. The Balaban J connectivity index is 1.80. The highest BCUT2D eigenvalue weighted by molar-refractivity contribution is 5.94. The van der Waals surface area contributed by atoms with Gasteiger partial charge in [-0.3, -0.25) is 4.79 Å². The van der Waals surface area contributed by atoms with Crippen LogP contribution in [0.4, 0.5) is 0 Å². The first-order chi connectivity index (χ1) is 9.97. The topological polar surface area (TPSA) is 55.1 Å². The Bertz CT molecular complexity index is 566. The minimum absolute atomic E-state index is 0.0271. The summed E-state index contributed by atoms with van der Waals surface area (Å²) in [6, 6.07) is 7.81. The molecule has 0 aliphatic heterocycles. The van der Waals surface area contributed by atoms with Crippen LogP contribution >= 0.6 is 0 Å². The minimum Gasteiger partial charge on any atom is -0.364 e. The van der Waals surface area contributed by atoms with E-state index in [9.17, 15) is 4.79 Å². The van der Waals surface area contributed by atoms with E-state index >= 15 is 0 Å². The molecule has 112 valence electrons. The first-order valence-corrected chi connectivity index (χ1v) is 7.24. The minimum atomic E-state index is -0.0271. The molecule has 2 aromatic rings. The zero-order valence-corrected chi connectivity index (χ0v) is 12.8. The van der Waals surface area contributed by atoms with E-state index in [0.29, 0.717) is 12.1 Å². The molecule has 4 nitrogen and oxygen atoms in total. The number of nitrogens with one attached hydrogen (secondary N) is 1. The third-order valence-electron chi connectivity index (χ3n) is 3.42. The molecule has 0 bridgehead atoms. The highest BCUT2D eigenvalue weighted by Gasteiger charge is 2.14. The second-order valence-corrected chi connectivity index (χ2v) is 6.22. The number of carbonyl (C=O) groups excluding carboxylic acids is 1. The van der Waals surface area contributed by atoms with Crippen LogP contribution in [0.3, 0.4) is 0 Å². The molecule has 1 amide bonds. The predicted molar refractivity (Wildman–Crippen MR) is 82.3 cm³/mol. The fourth-order valence-corrected chi connectivity index (χ4v) is 2.07. The maximum absolute atomic E-state index is 12.0. The van der Waals surface area contributed by atoms with Gasteiger partial charge in [0.25, 0.3) is 5.91 Å². The Kier molecular flexibility index (Phi) is 4.78. The molecule has 0 saturated carbocycles. The summed E-state index contributed by atoms with van der Waals surface area (Å²) < 4.78 is 4.76. The van der Waals surface area contributed by atoms with Gasteiger partial charge in [0.15, 0.2) is 0 Å². The highest BCUT2D eigenvalue weighted by Crippen LogP contribution is 2.22. The molecule has 1 N–H and O–H groups in total. The van der Waals surface area contributed by atoms with Crippen LogP contribution in [0, 0.1) is 0 Å². The maximum Gasteiger partial charge on any atom is 0.251 e. The number of hydrogen-bond donors (Lipinski definition) is 1. The van der Waals surface area contributed by atoms with Crippen LogP contribution in [0.5, 0.6) is 0 Å². The fourth-order valence-electron chi connectivity index (χ4n) is 2.07. The first kappa shape index (κ1) is 15.3. The number of hydrogen-bond acceptors (Lipinski definition) is 3. The SMILES string of the molecule is CC(C)(C)c1ccc(C(=O)NCCCc2cnoc2)cc1. The number of rotatable bonds is 5. The molecular weight excluding hydrogens is 264 g/mol. The molecular formula is C17H22N2O2. The van der Waals surface area contributed by atoms with Crippen molar-refractivity contribution in [2.45, 2.75) is 39.0 Å². The van der Waals surface area contributed by atoms with Crippen molar-refractivity contribution in [1.29, 1.82) is 0 Å². The van der Waals surface area contributed by atoms with Gasteiger partial charge in [-0.1, -0.05) is 38.1 Å². The van der Waals surface area contributed by atoms with E-state index in [1.54, 1.807) is 12.5 Å². The number of nitrogens with zero attached hydrogens (tertiary/aromatic N) is 1. The lowest BCUT2D eigenvalue weighted by atomic mass is 9.87. The van der Waals surface area contributed by atoms with Gasteiger partial charge in [-0.2, -0.15) is 0 Å². The van der Waals surface area contributed by atoms with E-state index in [0.717, 1.165) is 18.4 Å². The van der Waals surface area contributed by atoms with Gasteiger partial charge in [0.1, 0.15) is 6.26 Å². The van der Waals surface area contributed by atoms with Gasteiger partial charge in [-0.15, -0.1) is 0 Å². The van der Waals surface area contributed by atoms with Crippen LogP contribution in [-0.4, -0.2) is 17.6 Å². The highest BCUT2D eigenvalue weighted by atomic mass is 16.5. The monoisotopic (exact) mass is 286 g/mol. The predicted octanol–water partition coefficient (Wildman–Crippen LogP) is 3.33. The average molecular weight is 286 g/mol. The van der Waals surface area contributed by atoms with Crippen molar-refractivity contribution >= 4 is 5.91 Å². The normalized spacial score (nSPS) is 11.4. The Morgan fingerprint density at radius 1 is 1.24 bits per heavy atom. The van der Waals surface area contributed by atoms with E-state index < -0.39 is 0 Å². The van der Waals surface area contributed by atoms with Gasteiger partial charge in [-0.25, -0.2) is 0 Å². The van der Waals surface area contributed by atoms with E-state index in [1.807, 2.05) is 24.3 Å². The molecule has 4 heteroatoms. The van der Waals surface area contributed by atoms with Gasteiger partial charge >= 0.3 is 0 Å². The summed E-state index contributed by atoms with van der Waals surface area (Å²) in [5.41, 5.74) is 3.09. The van der Waals surface area contributed by atoms with Crippen molar-refractivity contribution in [3.63, 3.8) is 0 Å². The number of aromatic nitrogens is 1. The van der Waals surface area contributed by atoms with Crippen LogP contribution in [0.2, 0.25) is 0 Å². The van der Waals surface area contributed by atoms with E-state index in [4.69, 9.17) is 4.52 Å². The molecule has 21 heavy (non-hydrogen) atoms. The summed E-state index contributed by atoms with van der Waals surface area (Å²) in [7, 11) is 0. The van der Waals surface area contributed by atoms with E-state index in [1.165, 1.54) is 5.56 Å². The molecule has 0 unspecified atom stereocenters. The molecule has 0 saturated heterocycles. The molecule has 2 rings (SSSR count). The molecule has 1 heterocycles. The van der Waals surface area contributed by atoms with Gasteiger partial charge in [0.05, 0.1) is 6.20 Å². The lowest BCUT2D eigenvalue weighted by Gasteiger charge is -2.19. The number of amides is 1. The molecule has 0 aliphatic rings. The van der Waals surface area contributed by atoms with Crippen molar-refractivity contribution in [3.8, 4) is 0 Å². The molecule has 0 aliphatic carbocycles.